The number of ether oxygens (including phenoxy) is 1. The van der Waals surface area contributed by atoms with Crippen LogP contribution in [-0.4, -0.2) is 26.9 Å². The SMILES string of the molecule is O=S(=O)(CC1CCCO1)Nc1ccc(I)cc1Cl. The first kappa shape index (κ1) is 14.4. The number of hydrogen-bond donors (Lipinski definition) is 1. The number of sulfonamides is 1. The van der Waals surface area contributed by atoms with Gasteiger partial charge in [-0.1, -0.05) is 11.6 Å². The maximum Gasteiger partial charge on any atom is 0.235 e. The molecular weight excluding hydrogens is 389 g/mol. The van der Waals surface area contributed by atoms with Crippen LogP contribution in [0.3, 0.4) is 0 Å². The molecule has 0 radical (unpaired) electrons. The molecule has 100 valence electrons. The van der Waals surface area contributed by atoms with Gasteiger partial charge in [-0.3, -0.25) is 4.72 Å². The fraction of sp³-hybridized carbons (Fsp3) is 0.455. The average Bonchev–Trinajstić information content (AvgIpc) is 2.74. The third-order valence-corrected chi connectivity index (χ3v) is 4.95. The molecule has 1 aliphatic rings. The van der Waals surface area contributed by atoms with E-state index in [4.69, 9.17) is 16.3 Å². The summed E-state index contributed by atoms with van der Waals surface area (Å²) in [7, 11) is -3.42. The molecule has 18 heavy (non-hydrogen) atoms. The molecule has 1 aliphatic heterocycles. The van der Waals surface area contributed by atoms with Gasteiger partial charge in [0.05, 0.1) is 22.6 Å². The van der Waals surface area contributed by atoms with Crippen molar-refractivity contribution in [1.82, 2.24) is 0 Å². The lowest BCUT2D eigenvalue weighted by molar-refractivity contribution is 0.127. The van der Waals surface area contributed by atoms with Crippen LogP contribution < -0.4 is 4.72 Å². The molecule has 1 saturated heterocycles. The summed E-state index contributed by atoms with van der Waals surface area (Å²) in [6.45, 7) is 0.643. The minimum Gasteiger partial charge on any atom is -0.377 e. The van der Waals surface area contributed by atoms with E-state index in [0.717, 1.165) is 16.4 Å². The predicted molar refractivity (Wildman–Crippen MR) is 80.6 cm³/mol. The monoisotopic (exact) mass is 401 g/mol. The summed E-state index contributed by atoms with van der Waals surface area (Å²) in [6, 6.07) is 5.18. The molecule has 0 aromatic heterocycles. The van der Waals surface area contributed by atoms with E-state index in [1.165, 1.54) is 0 Å². The maximum atomic E-state index is 11.9. The van der Waals surface area contributed by atoms with E-state index in [1.807, 2.05) is 0 Å². The Morgan fingerprint density at radius 2 is 2.28 bits per heavy atom. The van der Waals surface area contributed by atoms with Gasteiger partial charge >= 0.3 is 0 Å². The number of benzene rings is 1. The van der Waals surface area contributed by atoms with Crippen molar-refractivity contribution in [2.75, 3.05) is 17.1 Å². The fourth-order valence-corrected chi connectivity index (χ4v) is 4.11. The topological polar surface area (TPSA) is 55.4 Å². The predicted octanol–water partition coefficient (Wildman–Crippen LogP) is 2.87. The summed E-state index contributed by atoms with van der Waals surface area (Å²) in [4.78, 5) is 0. The van der Waals surface area contributed by atoms with Crippen LogP contribution in [0.1, 0.15) is 12.8 Å². The van der Waals surface area contributed by atoms with Gasteiger partial charge in [-0.25, -0.2) is 8.42 Å². The molecular formula is C11H13ClINO3S. The van der Waals surface area contributed by atoms with Crippen molar-refractivity contribution in [3.05, 3.63) is 26.8 Å². The highest BCUT2D eigenvalue weighted by Gasteiger charge is 2.23. The average molecular weight is 402 g/mol. The molecule has 1 aromatic rings. The molecule has 1 unspecified atom stereocenters. The Bertz CT molecular complexity index is 529. The van der Waals surface area contributed by atoms with Crippen LogP contribution in [0.4, 0.5) is 5.69 Å². The van der Waals surface area contributed by atoms with Crippen molar-refractivity contribution in [1.29, 1.82) is 0 Å². The Kier molecular flexibility index (Phi) is 4.74. The van der Waals surface area contributed by atoms with E-state index in [9.17, 15) is 8.42 Å². The summed E-state index contributed by atoms with van der Waals surface area (Å²) in [5.74, 6) is -0.0185. The summed E-state index contributed by atoms with van der Waals surface area (Å²) < 4.78 is 32.7. The standard InChI is InChI=1S/C11H13ClINO3S/c12-10-6-8(13)3-4-11(10)14-18(15,16)7-9-2-1-5-17-9/h3-4,6,9,14H,1-2,5,7H2. The van der Waals surface area contributed by atoms with Crippen LogP contribution in [0, 0.1) is 3.57 Å². The second kappa shape index (κ2) is 5.94. The summed E-state index contributed by atoms with van der Waals surface area (Å²) in [6.07, 6.45) is 1.51. The van der Waals surface area contributed by atoms with Crippen molar-refractivity contribution < 1.29 is 13.2 Å². The Balaban J connectivity index is 2.07. The van der Waals surface area contributed by atoms with Gasteiger partial charge in [0.25, 0.3) is 0 Å². The molecule has 1 atom stereocenters. The van der Waals surface area contributed by atoms with Gasteiger partial charge in [-0.05, 0) is 53.6 Å². The Morgan fingerprint density at radius 1 is 1.50 bits per heavy atom. The lowest BCUT2D eigenvalue weighted by atomic mass is 10.3. The summed E-state index contributed by atoms with van der Waals surface area (Å²) in [5, 5.41) is 0.401. The second-order valence-corrected chi connectivity index (χ2v) is 7.56. The van der Waals surface area contributed by atoms with Crippen LogP contribution in [0.15, 0.2) is 18.2 Å². The van der Waals surface area contributed by atoms with Gasteiger partial charge in [0, 0.05) is 10.2 Å². The molecule has 4 nitrogen and oxygen atoms in total. The van der Waals surface area contributed by atoms with Gasteiger partial charge in [0.1, 0.15) is 0 Å². The summed E-state index contributed by atoms with van der Waals surface area (Å²) in [5.41, 5.74) is 0.412. The van der Waals surface area contributed by atoms with Crippen LogP contribution in [0.2, 0.25) is 5.02 Å². The van der Waals surface area contributed by atoms with Crippen LogP contribution in [0.25, 0.3) is 0 Å². The molecule has 0 saturated carbocycles. The molecule has 1 fully saturated rings. The highest BCUT2D eigenvalue weighted by atomic mass is 127. The minimum atomic E-state index is -3.42. The maximum absolute atomic E-state index is 11.9. The quantitative estimate of drug-likeness (QED) is 0.789. The zero-order valence-corrected chi connectivity index (χ0v) is 13.3. The van der Waals surface area contributed by atoms with Gasteiger partial charge < -0.3 is 4.74 Å². The first-order chi connectivity index (χ1) is 8.46. The van der Waals surface area contributed by atoms with Crippen molar-refractivity contribution in [3.8, 4) is 0 Å². The molecule has 1 N–H and O–H groups in total. The van der Waals surface area contributed by atoms with Crippen molar-refractivity contribution >= 4 is 49.9 Å². The van der Waals surface area contributed by atoms with Gasteiger partial charge in [-0.15, -0.1) is 0 Å². The fourth-order valence-electron chi connectivity index (χ4n) is 1.80. The van der Waals surface area contributed by atoms with Crippen LogP contribution in [0.5, 0.6) is 0 Å². The number of rotatable bonds is 4. The first-order valence-electron chi connectivity index (χ1n) is 5.53. The second-order valence-electron chi connectivity index (χ2n) is 4.14. The van der Waals surface area contributed by atoms with E-state index < -0.39 is 10.0 Å². The number of anilines is 1. The number of nitrogens with one attached hydrogen (secondary N) is 1. The van der Waals surface area contributed by atoms with Crippen molar-refractivity contribution in [3.63, 3.8) is 0 Å². The Hall–Kier alpha value is -0.0500. The van der Waals surface area contributed by atoms with E-state index in [-0.39, 0.29) is 11.9 Å². The molecule has 0 spiro atoms. The van der Waals surface area contributed by atoms with Crippen LogP contribution >= 0.6 is 34.2 Å². The normalized spacial score (nSPS) is 20.0. The highest BCUT2D eigenvalue weighted by molar-refractivity contribution is 14.1. The molecule has 1 heterocycles. The molecule has 0 amide bonds. The minimum absolute atomic E-state index is 0.0185. The number of halogens is 2. The Labute approximate surface area is 125 Å². The molecule has 1 aromatic carbocycles. The van der Waals surface area contributed by atoms with Gasteiger partial charge in [0.2, 0.25) is 10.0 Å². The van der Waals surface area contributed by atoms with Gasteiger partial charge in [0.15, 0.2) is 0 Å². The molecule has 0 aliphatic carbocycles. The van der Waals surface area contributed by atoms with Crippen molar-refractivity contribution in [2.45, 2.75) is 18.9 Å². The van der Waals surface area contributed by atoms with E-state index in [2.05, 4.69) is 27.3 Å². The zero-order chi connectivity index (χ0) is 13.2. The molecule has 0 bridgehead atoms. The highest BCUT2D eigenvalue weighted by Crippen LogP contribution is 2.25. The lowest BCUT2D eigenvalue weighted by Crippen LogP contribution is -2.25. The largest absolute Gasteiger partial charge is 0.377 e. The van der Waals surface area contributed by atoms with E-state index in [0.29, 0.717) is 17.3 Å². The summed E-state index contributed by atoms with van der Waals surface area (Å²) >= 11 is 8.11. The third-order valence-electron chi connectivity index (χ3n) is 2.63. The number of hydrogen-bond acceptors (Lipinski definition) is 3. The molecule has 2 rings (SSSR count). The Morgan fingerprint density at radius 3 is 2.89 bits per heavy atom. The lowest BCUT2D eigenvalue weighted by Gasteiger charge is -2.13. The van der Waals surface area contributed by atoms with Crippen molar-refractivity contribution in [2.24, 2.45) is 0 Å². The smallest absolute Gasteiger partial charge is 0.235 e. The van der Waals surface area contributed by atoms with E-state index >= 15 is 0 Å². The third kappa shape index (κ3) is 3.97. The molecule has 7 heteroatoms. The van der Waals surface area contributed by atoms with Crippen LogP contribution in [-0.2, 0) is 14.8 Å². The van der Waals surface area contributed by atoms with E-state index in [1.54, 1.807) is 18.2 Å². The first-order valence-corrected chi connectivity index (χ1v) is 8.64. The zero-order valence-electron chi connectivity index (χ0n) is 9.53. The van der Waals surface area contributed by atoms with Gasteiger partial charge in [-0.2, -0.15) is 0 Å².